The van der Waals surface area contributed by atoms with Crippen LogP contribution in [-0.2, 0) is 11.3 Å². The molecular weight excluding hydrogens is 345 g/mol. The van der Waals surface area contributed by atoms with Gasteiger partial charge in [0.2, 0.25) is 5.91 Å². The second-order valence-corrected chi connectivity index (χ2v) is 6.43. The maximum atomic E-state index is 12.7. The molecule has 0 radical (unpaired) electrons. The normalized spacial score (nSPS) is 14.8. The van der Waals surface area contributed by atoms with Crippen LogP contribution in [0.15, 0.2) is 34.3 Å². The number of hydrogen-bond donors (Lipinski definition) is 0. The van der Waals surface area contributed by atoms with Crippen molar-refractivity contribution in [3.63, 3.8) is 0 Å². The van der Waals surface area contributed by atoms with Gasteiger partial charge in [0, 0.05) is 6.04 Å². The lowest BCUT2D eigenvalue weighted by Gasteiger charge is -2.22. The molecule has 1 amide bonds. The van der Waals surface area contributed by atoms with Crippen molar-refractivity contribution in [1.82, 2.24) is 19.7 Å². The van der Waals surface area contributed by atoms with E-state index >= 15 is 0 Å². The van der Waals surface area contributed by atoms with Gasteiger partial charge in [0.15, 0.2) is 5.16 Å². The van der Waals surface area contributed by atoms with E-state index in [0.29, 0.717) is 17.0 Å². The third-order valence-corrected chi connectivity index (χ3v) is 4.40. The van der Waals surface area contributed by atoms with Crippen LogP contribution in [0.5, 0.6) is 0 Å². The van der Waals surface area contributed by atoms with Crippen molar-refractivity contribution < 1.29 is 22.4 Å². The summed E-state index contributed by atoms with van der Waals surface area (Å²) in [4.78, 5) is 13.0. The lowest BCUT2D eigenvalue weighted by atomic mass is 10.3. The molecule has 0 saturated heterocycles. The van der Waals surface area contributed by atoms with Crippen LogP contribution in [-0.4, -0.2) is 44.0 Å². The largest absolute Gasteiger partial charge is 0.467 e. The van der Waals surface area contributed by atoms with Crippen LogP contribution < -0.4 is 0 Å². The number of thioether (sulfide) groups is 1. The molecular formula is C14H15F3N4O2S. The van der Waals surface area contributed by atoms with Crippen molar-refractivity contribution >= 4 is 17.7 Å². The van der Waals surface area contributed by atoms with Crippen molar-refractivity contribution in [1.29, 1.82) is 0 Å². The Morgan fingerprint density at radius 2 is 2.25 bits per heavy atom. The van der Waals surface area contributed by atoms with Crippen LogP contribution in [0.3, 0.4) is 0 Å². The van der Waals surface area contributed by atoms with Crippen molar-refractivity contribution in [2.24, 2.45) is 0 Å². The summed E-state index contributed by atoms with van der Waals surface area (Å²) in [7, 11) is 0. The molecule has 2 aromatic rings. The third kappa shape index (κ3) is 4.53. The standard InChI is InChI=1S/C14H15F3N4O2S/c15-14(16,17)8-20(6-11-2-1-5-23-11)12(22)7-24-13-19-18-9-21(13)10-3-4-10/h1-2,5,9-10H,3-4,6-8H2. The lowest BCUT2D eigenvalue weighted by Crippen LogP contribution is -2.39. The van der Waals surface area contributed by atoms with Gasteiger partial charge in [-0.2, -0.15) is 13.2 Å². The number of amides is 1. The molecule has 130 valence electrons. The fourth-order valence-corrected chi connectivity index (χ4v) is 3.08. The summed E-state index contributed by atoms with van der Waals surface area (Å²) in [5.41, 5.74) is 0. The number of rotatable bonds is 7. The van der Waals surface area contributed by atoms with Gasteiger partial charge in [0.05, 0.1) is 18.6 Å². The molecule has 1 aliphatic rings. The molecule has 0 spiro atoms. The number of furan rings is 1. The van der Waals surface area contributed by atoms with E-state index in [2.05, 4.69) is 10.2 Å². The fraction of sp³-hybridized carbons (Fsp3) is 0.500. The average molecular weight is 360 g/mol. The Kier molecular flexibility index (Phi) is 4.83. The van der Waals surface area contributed by atoms with Gasteiger partial charge in [-0.25, -0.2) is 0 Å². The van der Waals surface area contributed by atoms with Crippen molar-refractivity contribution in [2.75, 3.05) is 12.3 Å². The number of carbonyl (C=O) groups excluding carboxylic acids is 1. The van der Waals surface area contributed by atoms with Gasteiger partial charge in [0.1, 0.15) is 18.6 Å². The number of nitrogens with zero attached hydrogens (tertiary/aromatic N) is 4. The topological polar surface area (TPSA) is 64.2 Å². The molecule has 1 saturated carbocycles. The summed E-state index contributed by atoms with van der Waals surface area (Å²) in [6.45, 7) is -1.54. The molecule has 0 bridgehead atoms. The third-order valence-electron chi connectivity index (χ3n) is 3.45. The molecule has 0 atom stereocenters. The van der Waals surface area contributed by atoms with E-state index in [4.69, 9.17) is 4.42 Å². The number of carbonyl (C=O) groups is 1. The first-order valence-electron chi connectivity index (χ1n) is 7.31. The second kappa shape index (κ2) is 6.88. The molecule has 0 aromatic carbocycles. The monoisotopic (exact) mass is 360 g/mol. The van der Waals surface area contributed by atoms with E-state index in [-0.39, 0.29) is 12.3 Å². The second-order valence-electron chi connectivity index (χ2n) is 5.48. The summed E-state index contributed by atoms with van der Waals surface area (Å²) in [6.07, 6.45) is 0.524. The minimum absolute atomic E-state index is 0.137. The highest BCUT2D eigenvalue weighted by Crippen LogP contribution is 2.37. The molecule has 6 nitrogen and oxygen atoms in total. The minimum Gasteiger partial charge on any atom is -0.467 e. The van der Waals surface area contributed by atoms with Gasteiger partial charge < -0.3 is 13.9 Å². The quantitative estimate of drug-likeness (QED) is 0.711. The molecule has 1 aliphatic carbocycles. The smallest absolute Gasteiger partial charge is 0.406 e. The number of alkyl halides is 3. The van der Waals surface area contributed by atoms with Gasteiger partial charge >= 0.3 is 6.18 Å². The molecule has 2 aromatic heterocycles. The fourth-order valence-electron chi connectivity index (χ4n) is 2.20. The zero-order valence-electron chi connectivity index (χ0n) is 12.6. The lowest BCUT2D eigenvalue weighted by molar-refractivity contribution is -0.161. The van der Waals surface area contributed by atoms with Crippen LogP contribution in [0.4, 0.5) is 13.2 Å². The zero-order valence-corrected chi connectivity index (χ0v) is 13.4. The van der Waals surface area contributed by atoms with Gasteiger partial charge in [-0.3, -0.25) is 4.79 Å². The van der Waals surface area contributed by atoms with E-state index in [1.165, 1.54) is 12.3 Å². The van der Waals surface area contributed by atoms with Crippen molar-refractivity contribution in [3.8, 4) is 0 Å². The van der Waals surface area contributed by atoms with Crippen LogP contribution in [0, 0.1) is 0 Å². The first-order chi connectivity index (χ1) is 11.4. The molecule has 2 heterocycles. The minimum atomic E-state index is -4.47. The molecule has 0 N–H and O–H groups in total. The van der Waals surface area contributed by atoms with E-state index in [9.17, 15) is 18.0 Å². The number of aromatic nitrogens is 3. The first-order valence-corrected chi connectivity index (χ1v) is 8.30. The van der Waals surface area contributed by atoms with Crippen molar-refractivity contribution in [2.45, 2.75) is 36.8 Å². The summed E-state index contributed by atoms with van der Waals surface area (Å²) >= 11 is 1.10. The maximum absolute atomic E-state index is 12.7. The van der Waals surface area contributed by atoms with E-state index < -0.39 is 18.6 Å². The SMILES string of the molecule is O=C(CSc1nncn1C1CC1)N(Cc1ccco1)CC(F)(F)F. The molecule has 0 unspecified atom stereocenters. The van der Waals surface area contributed by atoms with Crippen LogP contribution in [0.25, 0.3) is 0 Å². The molecule has 1 fully saturated rings. The van der Waals surface area contributed by atoms with Gasteiger partial charge in [-0.15, -0.1) is 10.2 Å². The summed E-state index contributed by atoms with van der Waals surface area (Å²) < 4.78 is 45.1. The number of hydrogen-bond acceptors (Lipinski definition) is 5. The average Bonchev–Trinajstić information content (AvgIpc) is 3.03. The van der Waals surface area contributed by atoms with Crippen LogP contribution >= 0.6 is 11.8 Å². The zero-order chi connectivity index (χ0) is 17.2. The van der Waals surface area contributed by atoms with Gasteiger partial charge in [-0.1, -0.05) is 11.8 Å². The Hall–Kier alpha value is -1.97. The predicted molar refractivity (Wildman–Crippen MR) is 79.2 cm³/mol. The van der Waals surface area contributed by atoms with Crippen LogP contribution in [0.1, 0.15) is 24.6 Å². The molecule has 0 aliphatic heterocycles. The first kappa shape index (κ1) is 16.9. The Bertz CT molecular complexity index is 683. The van der Waals surface area contributed by atoms with Crippen molar-refractivity contribution in [3.05, 3.63) is 30.5 Å². The highest BCUT2D eigenvalue weighted by Gasteiger charge is 2.34. The Morgan fingerprint density at radius 1 is 1.46 bits per heavy atom. The Balaban J connectivity index is 1.62. The number of halogens is 3. The van der Waals surface area contributed by atoms with E-state index in [1.54, 1.807) is 12.4 Å². The highest BCUT2D eigenvalue weighted by atomic mass is 32.2. The molecule has 24 heavy (non-hydrogen) atoms. The summed E-state index contributed by atoms with van der Waals surface area (Å²) in [5, 5.41) is 8.27. The van der Waals surface area contributed by atoms with Gasteiger partial charge in [-0.05, 0) is 25.0 Å². The van der Waals surface area contributed by atoms with E-state index in [0.717, 1.165) is 29.5 Å². The van der Waals surface area contributed by atoms with E-state index in [1.807, 2.05) is 4.57 Å². The molecule has 10 heteroatoms. The Labute approximate surface area is 140 Å². The summed E-state index contributed by atoms with van der Waals surface area (Å²) in [5.74, 6) is -0.458. The maximum Gasteiger partial charge on any atom is 0.406 e. The van der Waals surface area contributed by atoms with Gasteiger partial charge in [0.25, 0.3) is 0 Å². The predicted octanol–water partition coefficient (Wildman–Crippen LogP) is 2.89. The molecule has 3 rings (SSSR count). The Morgan fingerprint density at radius 3 is 2.88 bits per heavy atom. The van der Waals surface area contributed by atoms with Crippen LogP contribution in [0.2, 0.25) is 0 Å². The highest BCUT2D eigenvalue weighted by molar-refractivity contribution is 7.99. The summed E-state index contributed by atoms with van der Waals surface area (Å²) in [6, 6.07) is 3.44.